The molecule has 1 amide bonds. The molecule has 1 aromatic carbocycles. The van der Waals surface area contributed by atoms with E-state index in [1.165, 1.54) is 0 Å². The summed E-state index contributed by atoms with van der Waals surface area (Å²) in [6.45, 7) is 17.2. The molecule has 43 heavy (non-hydrogen) atoms. The van der Waals surface area contributed by atoms with Crippen LogP contribution in [0.4, 0.5) is 16.2 Å². The number of piperidine rings is 1. The van der Waals surface area contributed by atoms with Crippen molar-refractivity contribution in [3.05, 3.63) is 54.5 Å². The Kier molecular flexibility index (Phi) is 8.37. The lowest BCUT2D eigenvalue weighted by Gasteiger charge is -2.42. The third kappa shape index (κ3) is 6.89. The number of anilines is 2. The van der Waals surface area contributed by atoms with Crippen LogP contribution in [0.3, 0.4) is 0 Å². The minimum absolute atomic E-state index is 0.0740. The SMILES string of the molecule is C[C@H]1CN(c2ccncc2NCc2ccc3ccc(B4OC(C)(C)C(C)(C)O4)cc3n2)C[C@@H](NC(=O)OC(C)(C)C)[C@@H]1O. The minimum atomic E-state index is -0.689. The highest BCUT2D eigenvalue weighted by molar-refractivity contribution is 6.62. The quantitative estimate of drug-likeness (QED) is 0.363. The number of nitrogens with one attached hydrogen (secondary N) is 2. The van der Waals surface area contributed by atoms with Gasteiger partial charge in [0.1, 0.15) is 5.60 Å². The number of fused-ring (bicyclic) bond motifs is 1. The number of hydrogen-bond donors (Lipinski definition) is 3. The van der Waals surface area contributed by atoms with Crippen LogP contribution < -0.4 is 21.0 Å². The number of alkyl carbamates (subject to hydrolysis) is 1. The fourth-order valence-electron chi connectivity index (χ4n) is 5.44. The molecule has 11 heteroatoms. The lowest BCUT2D eigenvalue weighted by atomic mass is 9.79. The largest absolute Gasteiger partial charge is 0.494 e. The Hall–Kier alpha value is -3.41. The first-order chi connectivity index (χ1) is 20.1. The van der Waals surface area contributed by atoms with Crippen LogP contribution >= 0.6 is 0 Å². The first-order valence-corrected chi connectivity index (χ1v) is 15.0. The summed E-state index contributed by atoms with van der Waals surface area (Å²) in [4.78, 5) is 23.9. The van der Waals surface area contributed by atoms with Crippen LogP contribution in [0.25, 0.3) is 10.9 Å². The van der Waals surface area contributed by atoms with Crippen molar-refractivity contribution in [3.8, 4) is 0 Å². The maximum Gasteiger partial charge on any atom is 0.494 e. The summed E-state index contributed by atoms with van der Waals surface area (Å²) in [5.74, 6) is -0.0740. The summed E-state index contributed by atoms with van der Waals surface area (Å²) in [7, 11) is -0.449. The second kappa shape index (κ2) is 11.6. The Balaban J connectivity index is 1.30. The van der Waals surface area contributed by atoms with Gasteiger partial charge in [-0.1, -0.05) is 25.1 Å². The van der Waals surface area contributed by atoms with Gasteiger partial charge in [-0.15, -0.1) is 0 Å². The molecular weight excluding hydrogens is 545 g/mol. The fraction of sp³-hybridized carbons (Fsp3) is 0.531. The molecule has 2 aliphatic heterocycles. The summed E-state index contributed by atoms with van der Waals surface area (Å²) >= 11 is 0. The van der Waals surface area contributed by atoms with Gasteiger partial charge in [-0.3, -0.25) is 9.97 Å². The van der Waals surface area contributed by atoms with E-state index >= 15 is 0 Å². The van der Waals surface area contributed by atoms with Crippen LogP contribution in [-0.2, 0) is 20.6 Å². The van der Waals surface area contributed by atoms with E-state index in [1.807, 2.05) is 85.7 Å². The zero-order valence-electron chi connectivity index (χ0n) is 26.5. The molecule has 0 bridgehead atoms. The average molecular weight is 590 g/mol. The molecule has 3 N–H and O–H groups in total. The molecule has 0 spiro atoms. The number of aliphatic hydroxyl groups excluding tert-OH is 1. The summed E-state index contributed by atoms with van der Waals surface area (Å²) in [6, 6.07) is 11.7. The van der Waals surface area contributed by atoms with Crippen molar-refractivity contribution in [3.63, 3.8) is 0 Å². The van der Waals surface area contributed by atoms with Crippen LogP contribution in [0, 0.1) is 5.92 Å². The first kappa shape index (κ1) is 31.0. The van der Waals surface area contributed by atoms with Crippen LogP contribution in [0.1, 0.15) is 61.1 Å². The zero-order valence-corrected chi connectivity index (χ0v) is 26.5. The number of aromatic nitrogens is 2. The van der Waals surface area contributed by atoms with Gasteiger partial charge >= 0.3 is 13.2 Å². The van der Waals surface area contributed by atoms with Gasteiger partial charge in [0.05, 0.1) is 58.7 Å². The van der Waals surface area contributed by atoms with Crippen molar-refractivity contribution in [2.24, 2.45) is 5.92 Å². The van der Waals surface area contributed by atoms with Crippen LogP contribution in [0.15, 0.2) is 48.8 Å². The van der Waals surface area contributed by atoms with Crippen molar-refractivity contribution in [2.75, 3.05) is 23.3 Å². The van der Waals surface area contributed by atoms with Crippen LogP contribution in [0.5, 0.6) is 0 Å². The number of amides is 1. The first-order valence-electron chi connectivity index (χ1n) is 15.0. The molecule has 2 aliphatic rings. The maximum atomic E-state index is 12.5. The monoisotopic (exact) mass is 589 g/mol. The lowest BCUT2D eigenvalue weighted by molar-refractivity contribution is 0.00578. The van der Waals surface area contributed by atoms with Gasteiger partial charge in [0, 0.05) is 30.6 Å². The van der Waals surface area contributed by atoms with Crippen molar-refractivity contribution in [2.45, 2.75) is 90.9 Å². The van der Waals surface area contributed by atoms with Gasteiger partial charge in [0.2, 0.25) is 0 Å². The molecule has 0 radical (unpaired) electrons. The molecular formula is C32H44BN5O5. The smallest absolute Gasteiger partial charge is 0.444 e. The standard InChI is InChI=1S/C32H44BN5O5/c1-20-18-38(19-26(28(20)39)37-29(40)41-30(2,3)4)27-13-14-34-17-25(27)35-16-23-12-10-21-9-11-22(15-24(21)36-23)33-42-31(5,6)32(7,8)43-33/h9-15,17,20,26,28,35,39H,16,18-19H2,1-8H3,(H,37,40)/t20-,26+,28+/m0/s1. The Labute approximate surface area is 254 Å². The van der Waals surface area contributed by atoms with Gasteiger partial charge in [0.25, 0.3) is 0 Å². The number of carbonyl (C=O) groups excluding carboxylic acids is 1. The number of ether oxygens (including phenoxy) is 1. The number of nitrogens with zero attached hydrogens (tertiary/aromatic N) is 3. The fourth-order valence-corrected chi connectivity index (χ4v) is 5.44. The predicted octanol–water partition coefficient (Wildman–Crippen LogP) is 4.25. The van der Waals surface area contributed by atoms with Crippen molar-refractivity contribution >= 4 is 41.0 Å². The molecule has 10 nitrogen and oxygen atoms in total. The number of aliphatic hydroxyl groups is 1. The molecule has 5 rings (SSSR count). The summed E-state index contributed by atoms with van der Waals surface area (Å²) in [6.07, 6.45) is 2.31. The molecule has 0 unspecified atom stereocenters. The molecule has 0 saturated carbocycles. The van der Waals surface area contributed by atoms with Gasteiger partial charge in [-0.05, 0) is 72.1 Å². The van der Waals surface area contributed by atoms with Crippen molar-refractivity contribution < 1.29 is 23.9 Å². The van der Waals surface area contributed by atoms with E-state index in [2.05, 4.69) is 26.6 Å². The van der Waals surface area contributed by atoms with Gasteiger partial charge in [0.15, 0.2) is 0 Å². The normalized spacial score (nSPS) is 23.3. The van der Waals surface area contributed by atoms with Gasteiger partial charge < -0.3 is 34.7 Å². The van der Waals surface area contributed by atoms with Crippen LogP contribution in [0.2, 0.25) is 0 Å². The number of hydrogen-bond acceptors (Lipinski definition) is 9. The molecule has 230 valence electrons. The number of pyridine rings is 2. The highest BCUT2D eigenvalue weighted by Crippen LogP contribution is 2.36. The maximum absolute atomic E-state index is 12.5. The summed E-state index contributed by atoms with van der Waals surface area (Å²) in [5, 5.41) is 18.3. The average Bonchev–Trinajstić information content (AvgIpc) is 3.15. The number of benzene rings is 1. The minimum Gasteiger partial charge on any atom is -0.444 e. The highest BCUT2D eigenvalue weighted by atomic mass is 16.7. The number of rotatable bonds is 6. The number of carbonyl (C=O) groups is 1. The van der Waals surface area contributed by atoms with Crippen molar-refractivity contribution in [1.29, 1.82) is 0 Å². The molecule has 4 heterocycles. The second-order valence-electron chi connectivity index (χ2n) is 13.7. The Morgan fingerprint density at radius 3 is 2.51 bits per heavy atom. The second-order valence-corrected chi connectivity index (χ2v) is 13.7. The molecule has 2 fully saturated rings. The molecule has 0 aliphatic carbocycles. The van der Waals surface area contributed by atoms with Gasteiger partial charge in [-0.2, -0.15) is 0 Å². The lowest BCUT2D eigenvalue weighted by Crippen LogP contribution is -2.59. The van der Waals surface area contributed by atoms with Gasteiger partial charge in [-0.25, -0.2) is 4.79 Å². The van der Waals surface area contributed by atoms with E-state index in [9.17, 15) is 9.90 Å². The summed E-state index contributed by atoms with van der Waals surface area (Å²) in [5.41, 5.74) is 3.01. The van der Waals surface area contributed by atoms with E-state index in [-0.39, 0.29) is 5.92 Å². The molecule has 3 atom stereocenters. The zero-order chi connectivity index (χ0) is 31.2. The molecule has 2 saturated heterocycles. The summed E-state index contributed by atoms with van der Waals surface area (Å²) < 4.78 is 17.9. The third-order valence-corrected chi connectivity index (χ3v) is 8.52. The van der Waals surface area contributed by atoms with E-state index in [0.29, 0.717) is 19.6 Å². The predicted molar refractivity (Wildman–Crippen MR) is 170 cm³/mol. The Morgan fingerprint density at radius 1 is 1.12 bits per heavy atom. The van der Waals surface area contributed by atoms with E-state index in [0.717, 1.165) is 33.4 Å². The molecule has 3 aromatic rings. The Bertz CT molecular complexity index is 1460. The highest BCUT2D eigenvalue weighted by Gasteiger charge is 2.51. The third-order valence-electron chi connectivity index (χ3n) is 8.52. The Morgan fingerprint density at radius 2 is 1.81 bits per heavy atom. The van der Waals surface area contributed by atoms with E-state index < -0.39 is 42.2 Å². The van der Waals surface area contributed by atoms with Crippen LogP contribution in [-0.4, -0.2) is 70.3 Å². The van der Waals surface area contributed by atoms with E-state index in [4.69, 9.17) is 19.0 Å². The topological polar surface area (TPSA) is 118 Å². The van der Waals surface area contributed by atoms with E-state index in [1.54, 1.807) is 12.4 Å². The van der Waals surface area contributed by atoms with Crippen molar-refractivity contribution in [1.82, 2.24) is 15.3 Å². The molecule has 2 aromatic heterocycles.